The second-order valence-corrected chi connectivity index (χ2v) is 4.68. The fraction of sp³-hybridized carbons (Fsp3) is 0.333. The van der Waals surface area contributed by atoms with Gasteiger partial charge in [-0.1, -0.05) is 6.92 Å². The van der Waals surface area contributed by atoms with E-state index in [4.69, 9.17) is 0 Å². The topological polar surface area (TPSA) is 37.8 Å². The van der Waals surface area contributed by atoms with Crippen LogP contribution in [0.3, 0.4) is 0 Å². The normalized spacial score (nSPS) is 10.8. The SMILES string of the molecule is CCCc1nc(NC)c(C)c(-c2ccc(F)c(F)c2F)n1. The summed E-state index contributed by atoms with van der Waals surface area (Å²) >= 11 is 0. The van der Waals surface area contributed by atoms with Crippen LogP contribution in [-0.2, 0) is 6.42 Å². The van der Waals surface area contributed by atoms with Gasteiger partial charge in [-0.3, -0.25) is 0 Å². The predicted molar refractivity (Wildman–Crippen MR) is 75.6 cm³/mol. The highest BCUT2D eigenvalue weighted by atomic mass is 19.2. The number of rotatable bonds is 4. The highest BCUT2D eigenvalue weighted by Gasteiger charge is 2.19. The first-order valence-corrected chi connectivity index (χ1v) is 6.68. The van der Waals surface area contributed by atoms with Gasteiger partial charge in [0.25, 0.3) is 0 Å². The first-order valence-electron chi connectivity index (χ1n) is 6.68. The molecule has 112 valence electrons. The van der Waals surface area contributed by atoms with Crippen LogP contribution in [0.1, 0.15) is 24.7 Å². The van der Waals surface area contributed by atoms with E-state index in [9.17, 15) is 13.2 Å². The van der Waals surface area contributed by atoms with Crippen LogP contribution in [0.4, 0.5) is 19.0 Å². The quantitative estimate of drug-likeness (QED) is 0.870. The Bertz CT molecular complexity index is 672. The largest absolute Gasteiger partial charge is 0.373 e. The lowest BCUT2D eigenvalue weighted by Gasteiger charge is -2.13. The average Bonchev–Trinajstić information content (AvgIpc) is 2.47. The molecule has 0 aliphatic rings. The van der Waals surface area contributed by atoms with Gasteiger partial charge in [0, 0.05) is 24.6 Å². The minimum absolute atomic E-state index is 0.0670. The van der Waals surface area contributed by atoms with Crippen LogP contribution < -0.4 is 5.32 Å². The highest BCUT2D eigenvalue weighted by molar-refractivity contribution is 5.68. The summed E-state index contributed by atoms with van der Waals surface area (Å²) < 4.78 is 40.5. The molecule has 1 aromatic heterocycles. The number of benzene rings is 1. The molecule has 0 saturated heterocycles. The Morgan fingerprint density at radius 1 is 1.10 bits per heavy atom. The first-order chi connectivity index (χ1) is 9.99. The molecule has 0 amide bonds. The molecule has 21 heavy (non-hydrogen) atoms. The summed E-state index contributed by atoms with van der Waals surface area (Å²) in [7, 11) is 1.69. The van der Waals surface area contributed by atoms with Gasteiger partial charge >= 0.3 is 0 Å². The van der Waals surface area contributed by atoms with Crippen molar-refractivity contribution in [3.63, 3.8) is 0 Å². The number of hydrogen-bond donors (Lipinski definition) is 1. The van der Waals surface area contributed by atoms with Crippen molar-refractivity contribution >= 4 is 5.82 Å². The van der Waals surface area contributed by atoms with E-state index in [1.165, 1.54) is 6.07 Å². The lowest BCUT2D eigenvalue weighted by atomic mass is 10.1. The van der Waals surface area contributed by atoms with Crippen molar-refractivity contribution < 1.29 is 13.2 Å². The van der Waals surface area contributed by atoms with Crippen LogP contribution >= 0.6 is 0 Å². The van der Waals surface area contributed by atoms with E-state index in [1.54, 1.807) is 14.0 Å². The van der Waals surface area contributed by atoms with Gasteiger partial charge in [0.1, 0.15) is 11.6 Å². The lowest BCUT2D eigenvalue weighted by molar-refractivity contribution is 0.448. The van der Waals surface area contributed by atoms with Crippen molar-refractivity contribution in [3.05, 3.63) is 41.0 Å². The van der Waals surface area contributed by atoms with Gasteiger partial charge in [0.15, 0.2) is 17.5 Å². The molecule has 0 bridgehead atoms. The molecular weight excluding hydrogens is 279 g/mol. The molecule has 0 radical (unpaired) electrons. The van der Waals surface area contributed by atoms with Crippen molar-refractivity contribution in [3.8, 4) is 11.3 Å². The summed E-state index contributed by atoms with van der Waals surface area (Å²) in [6.45, 7) is 3.68. The molecule has 0 aliphatic carbocycles. The number of hydrogen-bond acceptors (Lipinski definition) is 3. The van der Waals surface area contributed by atoms with Crippen LogP contribution in [-0.4, -0.2) is 17.0 Å². The van der Waals surface area contributed by atoms with Gasteiger partial charge < -0.3 is 5.32 Å². The third kappa shape index (κ3) is 2.84. The Kier molecular flexibility index (Phi) is 4.45. The van der Waals surface area contributed by atoms with Gasteiger partial charge in [-0.15, -0.1) is 0 Å². The number of nitrogens with zero attached hydrogens (tertiary/aromatic N) is 2. The number of nitrogens with one attached hydrogen (secondary N) is 1. The van der Waals surface area contributed by atoms with E-state index < -0.39 is 17.5 Å². The smallest absolute Gasteiger partial charge is 0.195 e. The molecule has 0 spiro atoms. The third-order valence-corrected chi connectivity index (χ3v) is 3.19. The maximum atomic E-state index is 14.0. The number of aryl methyl sites for hydroxylation is 1. The molecule has 2 aromatic rings. The fourth-order valence-corrected chi connectivity index (χ4v) is 2.11. The molecule has 0 saturated carbocycles. The molecule has 3 nitrogen and oxygen atoms in total. The van der Waals surface area contributed by atoms with E-state index in [-0.39, 0.29) is 11.3 Å². The molecule has 0 aliphatic heterocycles. The second-order valence-electron chi connectivity index (χ2n) is 4.68. The minimum atomic E-state index is -1.49. The molecule has 0 unspecified atom stereocenters. The second kappa shape index (κ2) is 6.11. The summed E-state index contributed by atoms with van der Waals surface area (Å²) in [6.07, 6.45) is 1.44. The molecule has 1 heterocycles. The van der Waals surface area contributed by atoms with Gasteiger partial charge in [0.05, 0.1) is 5.69 Å². The van der Waals surface area contributed by atoms with Gasteiger partial charge in [0.2, 0.25) is 0 Å². The van der Waals surface area contributed by atoms with Gasteiger partial charge in [-0.05, 0) is 25.5 Å². The lowest BCUT2D eigenvalue weighted by Crippen LogP contribution is -2.06. The van der Waals surface area contributed by atoms with E-state index >= 15 is 0 Å². The number of anilines is 1. The number of halogens is 3. The summed E-state index contributed by atoms with van der Waals surface area (Å²) in [5, 5.41) is 2.91. The minimum Gasteiger partial charge on any atom is -0.373 e. The molecular formula is C15H16F3N3. The third-order valence-electron chi connectivity index (χ3n) is 3.19. The molecule has 2 rings (SSSR count). The molecule has 1 N–H and O–H groups in total. The van der Waals surface area contributed by atoms with Gasteiger partial charge in [-0.25, -0.2) is 23.1 Å². The van der Waals surface area contributed by atoms with Crippen LogP contribution in [0.5, 0.6) is 0 Å². The summed E-state index contributed by atoms with van der Waals surface area (Å²) in [4.78, 5) is 8.62. The summed E-state index contributed by atoms with van der Waals surface area (Å²) in [5.74, 6) is -2.86. The maximum absolute atomic E-state index is 14.0. The van der Waals surface area contributed by atoms with Crippen LogP contribution in [0, 0.1) is 24.4 Å². The average molecular weight is 295 g/mol. The molecule has 0 fully saturated rings. The zero-order chi connectivity index (χ0) is 15.6. The van der Waals surface area contributed by atoms with E-state index in [0.29, 0.717) is 23.6 Å². The Hall–Kier alpha value is -2.11. The molecule has 0 atom stereocenters. The van der Waals surface area contributed by atoms with Crippen LogP contribution in [0.2, 0.25) is 0 Å². The molecule has 6 heteroatoms. The van der Waals surface area contributed by atoms with Gasteiger partial charge in [-0.2, -0.15) is 0 Å². The van der Waals surface area contributed by atoms with Crippen molar-refractivity contribution in [1.29, 1.82) is 0 Å². The Morgan fingerprint density at radius 2 is 1.81 bits per heavy atom. The first kappa shape index (κ1) is 15.3. The van der Waals surface area contributed by atoms with E-state index in [1.807, 2.05) is 6.92 Å². The standard InChI is InChI=1S/C15H16F3N3/c1-4-5-11-20-14(8(2)15(19-3)21-11)9-6-7-10(16)13(18)12(9)17/h6-7H,4-5H2,1-3H3,(H,19,20,21). The van der Waals surface area contributed by atoms with Crippen molar-refractivity contribution in [1.82, 2.24) is 9.97 Å². The Morgan fingerprint density at radius 3 is 2.43 bits per heavy atom. The zero-order valence-corrected chi connectivity index (χ0v) is 12.1. The Balaban J connectivity index is 2.68. The maximum Gasteiger partial charge on any atom is 0.195 e. The Labute approximate surface area is 121 Å². The zero-order valence-electron chi connectivity index (χ0n) is 12.1. The number of aromatic nitrogens is 2. The summed E-state index contributed by atoms with van der Waals surface area (Å²) in [5.41, 5.74) is 0.791. The fourth-order valence-electron chi connectivity index (χ4n) is 2.11. The van der Waals surface area contributed by atoms with E-state index in [0.717, 1.165) is 12.5 Å². The van der Waals surface area contributed by atoms with Crippen molar-refractivity contribution in [2.75, 3.05) is 12.4 Å². The van der Waals surface area contributed by atoms with Crippen molar-refractivity contribution in [2.24, 2.45) is 0 Å². The summed E-state index contributed by atoms with van der Waals surface area (Å²) in [6, 6.07) is 2.09. The van der Waals surface area contributed by atoms with Crippen LogP contribution in [0.15, 0.2) is 12.1 Å². The van der Waals surface area contributed by atoms with Crippen molar-refractivity contribution in [2.45, 2.75) is 26.7 Å². The van der Waals surface area contributed by atoms with E-state index in [2.05, 4.69) is 15.3 Å². The highest BCUT2D eigenvalue weighted by Crippen LogP contribution is 2.29. The van der Waals surface area contributed by atoms with Crippen LogP contribution in [0.25, 0.3) is 11.3 Å². The monoisotopic (exact) mass is 295 g/mol. The predicted octanol–water partition coefficient (Wildman–Crippen LogP) is 3.86. The molecule has 1 aromatic carbocycles.